The Kier molecular flexibility index (Phi) is 7.43. The predicted octanol–water partition coefficient (Wildman–Crippen LogP) is 1.64. The summed E-state index contributed by atoms with van der Waals surface area (Å²) in [5, 5.41) is 10.6. The molecule has 0 saturated heterocycles. The van der Waals surface area contributed by atoms with E-state index in [-0.39, 0.29) is 10.9 Å². The summed E-state index contributed by atoms with van der Waals surface area (Å²) < 4.78 is 27.9. The first-order chi connectivity index (χ1) is 12.4. The van der Waals surface area contributed by atoms with Crippen LogP contribution < -0.4 is 20.5 Å². The third kappa shape index (κ3) is 7.12. The molecule has 7 nitrogen and oxygen atoms in total. The van der Waals surface area contributed by atoms with Crippen molar-refractivity contribution >= 4 is 16.1 Å². The van der Waals surface area contributed by atoms with E-state index in [1.807, 2.05) is 30.3 Å². The van der Waals surface area contributed by atoms with Gasteiger partial charge in [-0.25, -0.2) is 18.4 Å². The van der Waals surface area contributed by atoms with Gasteiger partial charge in [-0.1, -0.05) is 30.3 Å². The quantitative estimate of drug-likeness (QED) is 0.577. The zero-order chi connectivity index (χ0) is 18.8. The van der Waals surface area contributed by atoms with E-state index in [1.54, 1.807) is 12.1 Å². The Balaban J connectivity index is 1.57. The number of nitrogens with one attached hydrogen (secondary N) is 2. The molecular formula is C18H23N3O4S. The summed E-state index contributed by atoms with van der Waals surface area (Å²) in [6.07, 6.45) is 1.30. The molecule has 0 saturated carbocycles. The molecule has 4 N–H and O–H groups in total. The van der Waals surface area contributed by atoms with Gasteiger partial charge in [0.25, 0.3) is 0 Å². The molecule has 0 aromatic heterocycles. The van der Waals surface area contributed by atoms with E-state index in [9.17, 15) is 13.2 Å². The summed E-state index contributed by atoms with van der Waals surface area (Å²) in [4.78, 5) is 11.8. The van der Waals surface area contributed by atoms with Crippen LogP contribution in [0.5, 0.6) is 5.75 Å². The Morgan fingerprint density at radius 2 is 1.62 bits per heavy atom. The second-order valence-electron chi connectivity index (χ2n) is 5.64. The lowest BCUT2D eigenvalue weighted by Crippen LogP contribution is -2.37. The van der Waals surface area contributed by atoms with Crippen LogP contribution in [0.2, 0.25) is 0 Å². The average molecular weight is 377 g/mol. The van der Waals surface area contributed by atoms with Crippen molar-refractivity contribution in [2.75, 3.05) is 19.7 Å². The maximum atomic E-state index is 11.7. The lowest BCUT2D eigenvalue weighted by molar-refractivity contribution is 0.239. The Hall–Kier alpha value is -2.58. The zero-order valence-corrected chi connectivity index (χ0v) is 15.2. The van der Waals surface area contributed by atoms with E-state index >= 15 is 0 Å². The minimum Gasteiger partial charge on any atom is -0.494 e. The zero-order valence-electron chi connectivity index (χ0n) is 14.4. The van der Waals surface area contributed by atoms with Crippen molar-refractivity contribution in [3.8, 4) is 5.75 Å². The monoisotopic (exact) mass is 377 g/mol. The number of sulfonamides is 1. The molecule has 2 aromatic carbocycles. The van der Waals surface area contributed by atoms with Gasteiger partial charge in [0, 0.05) is 13.1 Å². The summed E-state index contributed by atoms with van der Waals surface area (Å²) >= 11 is 0. The fourth-order valence-corrected chi connectivity index (χ4v) is 2.72. The highest BCUT2D eigenvalue weighted by atomic mass is 32.2. The molecule has 0 fully saturated rings. The number of nitrogens with two attached hydrogens (primary N) is 1. The van der Waals surface area contributed by atoms with Crippen molar-refractivity contribution in [2.24, 2.45) is 5.14 Å². The van der Waals surface area contributed by atoms with Gasteiger partial charge in [0.1, 0.15) is 5.75 Å². The minimum atomic E-state index is -3.68. The normalized spacial score (nSPS) is 11.0. The number of benzene rings is 2. The Bertz CT molecular complexity index is 793. The molecule has 0 aliphatic rings. The molecule has 0 atom stereocenters. The largest absolute Gasteiger partial charge is 0.494 e. The summed E-state index contributed by atoms with van der Waals surface area (Å²) in [5.74, 6) is 0.811. The summed E-state index contributed by atoms with van der Waals surface area (Å²) in [7, 11) is -3.68. The maximum absolute atomic E-state index is 11.7. The highest BCUT2D eigenvalue weighted by Gasteiger charge is 2.06. The number of carbonyl (C=O) groups excluding carboxylic acids is 1. The number of para-hydroxylation sites is 1. The van der Waals surface area contributed by atoms with Crippen molar-refractivity contribution in [1.29, 1.82) is 0 Å². The second-order valence-corrected chi connectivity index (χ2v) is 7.20. The molecule has 0 radical (unpaired) electrons. The highest BCUT2D eigenvalue weighted by molar-refractivity contribution is 7.89. The lowest BCUT2D eigenvalue weighted by atomic mass is 10.1. The molecule has 0 aliphatic carbocycles. The van der Waals surface area contributed by atoms with Crippen molar-refractivity contribution in [3.05, 3.63) is 60.2 Å². The smallest absolute Gasteiger partial charge is 0.314 e. The van der Waals surface area contributed by atoms with Crippen molar-refractivity contribution < 1.29 is 17.9 Å². The number of amides is 2. The topological polar surface area (TPSA) is 111 Å². The van der Waals surface area contributed by atoms with Gasteiger partial charge in [-0.2, -0.15) is 0 Å². The first-order valence-electron chi connectivity index (χ1n) is 8.26. The van der Waals surface area contributed by atoms with Crippen LogP contribution >= 0.6 is 0 Å². The van der Waals surface area contributed by atoms with Gasteiger partial charge in [-0.15, -0.1) is 0 Å². The minimum absolute atomic E-state index is 0.0738. The molecule has 0 aliphatic heterocycles. The van der Waals surface area contributed by atoms with E-state index in [4.69, 9.17) is 9.88 Å². The lowest BCUT2D eigenvalue weighted by Gasteiger charge is -2.09. The summed E-state index contributed by atoms with van der Waals surface area (Å²) in [5.41, 5.74) is 0.911. The maximum Gasteiger partial charge on any atom is 0.314 e. The highest BCUT2D eigenvalue weighted by Crippen LogP contribution is 2.09. The molecule has 2 aromatic rings. The molecule has 140 valence electrons. The number of carbonyl (C=O) groups is 1. The first kappa shape index (κ1) is 19.7. The molecule has 2 amide bonds. The average Bonchev–Trinajstić information content (AvgIpc) is 2.62. The number of primary sulfonamides is 1. The second kappa shape index (κ2) is 9.79. The molecule has 0 unspecified atom stereocenters. The van der Waals surface area contributed by atoms with Crippen LogP contribution in [0, 0.1) is 0 Å². The predicted molar refractivity (Wildman–Crippen MR) is 99.5 cm³/mol. The van der Waals surface area contributed by atoms with Gasteiger partial charge in [-0.05, 0) is 42.7 Å². The van der Waals surface area contributed by atoms with E-state index < -0.39 is 10.0 Å². The number of urea groups is 1. The van der Waals surface area contributed by atoms with Crippen LogP contribution in [-0.4, -0.2) is 34.1 Å². The van der Waals surface area contributed by atoms with Crippen LogP contribution in [0.3, 0.4) is 0 Å². The van der Waals surface area contributed by atoms with Gasteiger partial charge < -0.3 is 15.4 Å². The van der Waals surface area contributed by atoms with E-state index in [0.29, 0.717) is 32.5 Å². The SMILES string of the molecule is NS(=O)(=O)c1ccc(CCNC(=O)NCCCOc2ccccc2)cc1. The van der Waals surface area contributed by atoms with E-state index in [1.165, 1.54) is 12.1 Å². The summed E-state index contributed by atoms with van der Waals surface area (Å²) in [6.45, 7) is 1.49. The van der Waals surface area contributed by atoms with Crippen molar-refractivity contribution in [3.63, 3.8) is 0 Å². The number of hydrogen-bond acceptors (Lipinski definition) is 4. The fourth-order valence-electron chi connectivity index (χ4n) is 2.21. The van der Waals surface area contributed by atoms with Gasteiger partial charge in [-0.3, -0.25) is 0 Å². The number of rotatable bonds is 9. The molecule has 8 heteroatoms. The van der Waals surface area contributed by atoms with Gasteiger partial charge in [0.2, 0.25) is 10.0 Å². The van der Waals surface area contributed by atoms with Crippen LogP contribution in [0.1, 0.15) is 12.0 Å². The van der Waals surface area contributed by atoms with Gasteiger partial charge >= 0.3 is 6.03 Å². The molecule has 2 rings (SSSR count). The van der Waals surface area contributed by atoms with Gasteiger partial charge in [0.05, 0.1) is 11.5 Å². The molecular weight excluding hydrogens is 354 g/mol. The Morgan fingerprint density at radius 3 is 2.27 bits per heavy atom. The number of ether oxygens (including phenoxy) is 1. The van der Waals surface area contributed by atoms with E-state index in [0.717, 1.165) is 11.3 Å². The van der Waals surface area contributed by atoms with Crippen LogP contribution in [0.15, 0.2) is 59.5 Å². The van der Waals surface area contributed by atoms with Crippen LogP contribution in [0.25, 0.3) is 0 Å². The first-order valence-corrected chi connectivity index (χ1v) is 9.81. The third-order valence-corrected chi connectivity index (χ3v) is 4.50. The standard InChI is InChI=1S/C18H23N3O4S/c19-26(23,24)17-9-7-15(8-10-17)11-13-21-18(22)20-12-4-14-25-16-5-2-1-3-6-16/h1-3,5-10H,4,11-14H2,(H2,19,23,24)(H2,20,21,22). The van der Waals surface area contributed by atoms with Crippen LogP contribution in [0.4, 0.5) is 4.79 Å². The third-order valence-electron chi connectivity index (χ3n) is 3.57. The summed E-state index contributed by atoms with van der Waals surface area (Å²) in [6, 6.07) is 15.5. The van der Waals surface area contributed by atoms with Gasteiger partial charge in [0.15, 0.2) is 0 Å². The van der Waals surface area contributed by atoms with Crippen molar-refractivity contribution in [1.82, 2.24) is 10.6 Å². The molecule has 0 heterocycles. The van der Waals surface area contributed by atoms with Crippen LogP contribution in [-0.2, 0) is 16.4 Å². The molecule has 26 heavy (non-hydrogen) atoms. The number of hydrogen-bond donors (Lipinski definition) is 3. The van der Waals surface area contributed by atoms with E-state index in [2.05, 4.69) is 10.6 Å². The Labute approximate surface area is 153 Å². The van der Waals surface area contributed by atoms with Crippen molar-refractivity contribution in [2.45, 2.75) is 17.7 Å². The fraction of sp³-hybridized carbons (Fsp3) is 0.278. The molecule has 0 bridgehead atoms. The molecule has 0 spiro atoms. The Morgan fingerprint density at radius 1 is 0.962 bits per heavy atom.